The Kier molecular flexibility index (Phi) is 2.59. The SMILES string of the molecule is Cn1ncc(/C=C/C(=O)O)c1-c1ccco1. The molecule has 0 aliphatic heterocycles. The number of carboxylic acids is 1. The Hall–Kier alpha value is -2.30. The van der Waals surface area contributed by atoms with Crippen LogP contribution in [0, 0.1) is 0 Å². The third-order valence-electron chi connectivity index (χ3n) is 2.13. The first-order valence-corrected chi connectivity index (χ1v) is 4.65. The minimum Gasteiger partial charge on any atom is -0.478 e. The van der Waals surface area contributed by atoms with Gasteiger partial charge in [0, 0.05) is 18.7 Å². The number of aryl methyl sites for hydroxylation is 1. The summed E-state index contributed by atoms with van der Waals surface area (Å²) in [6.07, 6.45) is 5.72. The van der Waals surface area contributed by atoms with E-state index in [1.165, 1.54) is 6.08 Å². The largest absolute Gasteiger partial charge is 0.478 e. The van der Waals surface area contributed by atoms with Crippen molar-refractivity contribution < 1.29 is 14.3 Å². The topological polar surface area (TPSA) is 68.3 Å². The minimum atomic E-state index is -0.991. The highest BCUT2D eigenvalue weighted by atomic mass is 16.4. The van der Waals surface area contributed by atoms with Crippen molar-refractivity contribution in [2.45, 2.75) is 0 Å². The number of hydrogen-bond acceptors (Lipinski definition) is 3. The van der Waals surface area contributed by atoms with E-state index in [0.717, 1.165) is 11.8 Å². The Morgan fingerprint density at radius 3 is 3.06 bits per heavy atom. The van der Waals surface area contributed by atoms with E-state index in [1.807, 2.05) is 0 Å². The summed E-state index contributed by atoms with van der Waals surface area (Å²) in [5, 5.41) is 12.6. The van der Waals surface area contributed by atoms with Crippen LogP contribution in [0.5, 0.6) is 0 Å². The molecule has 0 atom stereocenters. The number of furan rings is 1. The molecule has 2 aromatic rings. The average Bonchev–Trinajstić information content (AvgIpc) is 2.83. The van der Waals surface area contributed by atoms with E-state index in [4.69, 9.17) is 9.52 Å². The lowest BCUT2D eigenvalue weighted by Crippen LogP contribution is -1.93. The molecule has 0 aliphatic rings. The molecule has 1 N–H and O–H groups in total. The minimum absolute atomic E-state index is 0.657. The third kappa shape index (κ3) is 1.88. The normalized spacial score (nSPS) is 11.1. The van der Waals surface area contributed by atoms with Crippen LogP contribution >= 0.6 is 0 Å². The van der Waals surface area contributed by atoms with Crippen molar-refractivity contribution in [1.29, 1.82) is 0 Å². The zero-order valence-corrected chi connectivity index (χ0v) is 8.62. The third-order valence-corrected chi connectivity index (χ3v) is 2.13. The van der Waals surface area contributed by atoms with E-state index in [0.29, 0.717) is 11.3 Å². The molecule has 5 nitrogen and oxygen atoms in total. The first-order chi connectivity index (χ1) is 7.68. The molecule has 2 rings (SSSR count). The smallest absolute Gasteiger partial charge is 0.328 e. The van der Waals surface area contributed by atoms with Crippen molar-refractivity contribution in [1.82, 2.24) is 9.78 Å². The summed E-state index contributed by atoms with van der Waals surface area (Å²) in [6.45, 7) is 0. The quantitative estimate of drug-likeness (QED) is 0.797. The first-order valence-electron chi connectivity index (χ1n) is 4.65. The molecular weight excluding hydrogens is 208 g/mol. The summed E-state index contributed by atoms with van der Waals surface area (Å²) < 4.78 is 6.90. The average molecular weight is 218 g/mol. The number of aliphatic carboxylic acids is 1. The fourth-order valence-electron chi connectivity index (χ4n) is 1.45. The van der Waals surface area contributed by atoms with Gasteiger partial charge >= 0.3 is 5.97 Å². The Bertz CT molecular complexity index is 523. The monoisotopic (exact) mass is 218 g/mol. The van der Waals surface area contributed by atoms with Gasteiger partial charge in [-0.05, 0) is 18.2 Å². The Balaban J connectivity index is 2.45. The fraction of sp³-hybridized carbons (Fsp3) is 0.0909. The maximum absolute atomic E-state index is 10.4. The van der Waals surface area contributed by atoms with Crippen LogP contribution in [0.3, 0.4) is 0 Å². The number of hydrogen-bond donors (Lipinski definition) is 1. The van der Waals surface area contributed by atoms with E-state index in [9.17, 15) is 4.79 Å². The van der Waals surface area contributed by atoms with Crippen LogP contribution in [0.15, 0.2) is 35.1 Å². The van der Waals surface area contributed by atoms with Crippen molar-refractivity contribution in [2.75, 3.05) is 0 Å². The molecule has 0 unspecified atom stereocenters. The van der Waals surface area contributed by atoms with Crippen molar-refractivity contribution >= 4 is 12.0 Å². The lowest BCUT2D eigenvalue weighted by Gasteiger charge is -1.98. The second kappa shape index (κ2) is 4.06. The maximum Gasteiger partial charge on any atom is 0.328 e. The van der Waals surface area contributed by atoms with Crippen LogP contribution in [0.25, 0.3) is 17.5 Å². The number of aromatic nitrogens is 2. The Labute approximate surface area is 91.6 Å². The molecule has 82 valence electrons. The van der Waals surface area contributed by atoms with Gasteiger partial charge in [0.15, 0.2) is 5.76 Å². The zero-order valence-electron chi connectivity index (χ0n) is 8.62. The maximum atomic E-state index is 10.4. The van der Waals surface area contributed by atoms with Crippen molar-refractivity contribution in [3.05, 3.63) is 36.2 Å². The summed E-state index contributed by atoms with van der Waals surface area (Å²) in [4.78, 5) is 10.4. The van der Waals surface area contributed by atoms with Crippen molar-refractivity contribution in [3.8, 4) is 11.5 Å². The summed E-state index contributed by atoms with van der Waals surface area (Å²) in [5.41, 5.74) is 1.46. The molecule has 16 heavy (non-hydrogen) atoms. The molecule has 0 spiro atoms. The second-order valence-electron chi connectivity index (χ2n) is 3.22. The molecule has 0 saturated heterocycles. The van der Waals surface area contributed by atoms with Crippen LogP contribution in [0.2, 0.25) is 0 Å². The lowest BCUT2D eigenvalue weighted by atomic mass is 10.2. The van der Waals surface area contributed by atoms with Crippen molar-refractivity contribution in [2.24, 2.45) is 7.05 Å². The molecule has 0 fully saturated rings. The molecule has 2 heterocycles. The predicted octanol–water partition coefficient (Wildman–Crippen LogP) is 1.78. The molecular formula is C11H10N2O3. The van der Waals surface area contributed by atoms with Gasteiger partial charge in [-0.3, -0.25) is 4.68 Å². The molecule has 0 bridgehead atoms. The fourth-order valence-corrected chi connectivity index (χ4v) is 1.45. The molecule has 0 aromatic carbocycles. The van der Waals surface area contributed by atoms with Crippen LogP contribution in [0.4, 0.5) is 0 Å². The van der Waals surface area contributed by atoms with Crippen LogP contribution in [-0.2, 0) is 11.8 Å². The highest BCUT2D eigenvalue weighted by molar-refractivity contribution is 5.86. The predicted molar refractivity (Wildman–Crippen MR) is 57.6 cm³/mol. The molecule has 0 radical (unpaired) electrons. The molecule has 0 saturated carbocycles. The van der Waals surface area contributed by atoms with Gasteiger partial charge < -0.3 is 9.52 Å². The lowest BCUT2D eigenvalue weighted by molar-refractivity contribution is -0.131. The summed E-state index contributed by atoms with van der Waals surface area (Å²) >= 11 is 0. The summed E-state index contributed by atoms with van der Waals surface area (Å²) in [6, 6.07) is 3.57. The second-order valence-corrected chi connectivity index (χ2v) is 3.22. The highest BCUT2D eigenvalue weighted by Gasteiger charge is 2.11. The van der Waals surface area contributed by atoms with Crippen molar-refractivity contribution in [3.63, 3.8) is 0 Å². The van der Waals surface area contributed by atoms with Gasteiger partial charge in [0.1, 0.15) is 5.69 Å². The van der Waals surface area contributed by atoms with E-state index in [2.05, 4.69) is 5.10 Å². The number of rotatable bonds is 3. The zero-order chi connectivity index (χ0) is 11.5. The number of carbonyl (C=O) groups is 1. The van der Waals surface area contributed by atoms with Gasteiger partial charge in [0.25, 0.3) is 0 Å². The molecule has 5 heteroatoms. The molecule has 2 aromatic heterocycles. The van der Waals surface area contributed by atoms with E-state index >= 15 is 0 Å². The van der Waals surface area contributed by atoms with Gasteiger partial charge in [-0.2, -0.15) is 5.10 Å². The van der Waals surface area contributed by atoms with Crippen LogP contribution in [0.1, 0.15) is 5.56 Å². The van der Waals surface area contributed by atoms with Gasteiger partial charge in [0.05, 0.1) is 12.5 Å². The first kappa shape index (κ1) is 10.2. The standard InChI is InChI=1S/C11H10N2O3/c1-13-11(9-3-2-6-16-9)8(7-12-13)4-5-10(14)15/h2-7H,1H3,(H,14,15)/b5-4+. The van der Waals surface area contributed by atoms with Gasteiger partial charge in [-0.15, -0.1) is 0 Å². The van der Waals surface area contributed by atoms with E-state index in [1.54, 1.807) is 36.3 Å². The van der Waals surface area contributed by atoms with Gasteiger partial charge in [-0.1, -0.05) is 0 Å². The molecule has 0 aliphatic carbocycles. The highest BCUT2D eigenvalue weighted by Crippen LogP contribution is 2.24. The van der Waals surface area contributed by atoms with E-state index < -0.39 is 5.97 Å². The number of carboxylic acid groups (broad SMARTS) is 1. The van der Waals surface area contributed by atoms with Crippen LogP contribution in [-0.4, -0.2) is 20.9 Å². The Morgan fingerprint density at radius 1 is 1.62 bits per heavy atom. The van der Waals surface area contributed by atoms with Crippen LogP contribution < -0.4 is 0 Å². The molecule has 0 amide bonds. The summed E-state index contributed by atoms with van der Waals surface area (Å²) in [7, 11) is 1.77. The van der Waals surface area contributed by atoms with Gasteiger partial charge in [0.2, 0.25) is 0 Å². The Morgan fingerprint density at radius 2 is 2.44 bits per heavy atom. The number of nitrogens with zero attached hydrogens (tertiary/aromatic N) is 2. The van der Waals surface area contributed by atoms with Gasteiger partial charge in [-0.25, -0.2) is 4.79 Å². The summed E-state index contributed by atoms with van der Waals surface area (Å²) in [5.74, 6) is -0.334. The van der Waals surface area contributed by atoms with E-state index in [-0.39, 0.29) is 0 Å².